The van der Waals surface area contributed by atoms with E-state index in [-0.39, 0.29) is 0 Å². The smallest absolute Gasteiger partial charge is 0.123 e. The van der Waals surface area contributed by atoms with Gasteiger partial charge in [-0.25, -0.2) is 0 Å². The molecule has 0 amide bonds. The Morgan fingerprint density at radius 1 is 0.708 bits per heavy atom. The van der Waals surface area contributed by atoms with Crippen molar-refractivity contribution in [2.75, 3.05) is 31.1 Å². The van der Waals surface area contributed by atoms with Gasteiger partial charge in [0.25, 0.3) is 0 Å². The Kier molecular flexibility index (Phi) is 4.25. The summed E-state index contributed by atoms with van der Waals surface area (Å²) in [5.41, 5.74) is 3.77. The zero-order valence-corrected chi connectivity index (χ0v) is 13.6. The van der Waals surface area contributed by atoms with Crippen LogP contribution < -0.4 is 4.90 Å². The molecular weight excluding hydrogens is 298 g/mol. The third kappa shape index (κ3) is 3.31. The molecule has 2 aromatic carbocycles. The van der Waals surface area contributed by atoms with Gasteiger partial charge in [0.2, 0.25) is 0 Å². The van der Waals surface area contributed by atoms with Crippen molar-refractivity contribution in [3.8, 4) is 5.69 Å². The van der Waals surface area contributed by atoms with Gasteiger partial charge in [-0.15, -0.1) is 10.2 Å². The summed E-state index contributed by atoms with van der Waals surface area (Å²) in [7, 11) is 0. The summed E-state index contributed by atoms with van der Waals surface area (Å²) >= 11 is 0. The van der Waals surface area contributed by atoms with Gasteiger partial charge in [0, 0.05) is 44.1 Å². The number of nitrogens with zero attached hydrogens (tertiary/aromatic N) is 5. The second-order valence-corrected chi connectivity index (χ2v) is 6.13. The Hall–Kier alpha value is -2.66. The number of hydrogen-bond acceptors (Lipinski definition) is 4. The Balaban J connectivity index is 1.35. The number of rotatable bonds is 4. The number of aromatic nitrogens is 3. The molecule has 5 heteroatoms. The third-order valence-corrected chi connectivity index (χ3v) is 4.55. The molecule has 0 saturated carbocycles. The minimum Gasteiger partial charge on any atom is -0.369 e. The largest absolute Gasteiger partial charge is 0.369 e. The van der Waals surface area contributed by atoms with Crippen LogP contribution in [0.15, 0.2) is 67.3 Å². The molecule has 0 atom stereocenters. The highest BCUT2D eigenvalue weighted by atomic mass is 15.3. The molecule has 24 heavy (non-hydrogen) atoms. The summed E-state index contributed by atoms with van der Waals surface area (Å²) in [6, 6.07) is 19.3. The molecule has 2 heterocycles. The molecule has 1 aliphatic rings. The normalized spacial score (nSPS) is 15.6. The van der Waals surface area contributed by atoms with Crippen molar-refractivity contribution in [2.45, 2.75) is 6.54 Å². The number of piperazine rings is 1. The first kappa shape index (κ1) is 14.9. The molecule has 0 radical (unpaired) electrons. The summed E-state index contributed by atoms with van der Waals surface area (Å²) in [6.07, 6.45) is 3.44. The maximum absolute atomic E-state index is 3.85. The third-order valence-electron chi connectivity index (χ3n) is 4.55. The molecule has 1 aliphatic heterocycles. The minimum atomic E-state index is 1.04. The second kappa shape index (κ2) is 6.84. The first-order valence-electron chi connectivity index (χ1n) is 8.35. The first-order valence-corrected chi connectivity index (χ1v) is 8.35. The molecule has 0 unspecified atom stereocenters. The van der Waals surface area contributed by atoms with Gasteiger partial charge in [-0.2, -0.15) is 0 Å². The van der Waals surface area contributed by atoms with E-state index in [4.69, 9.17) is 0 Å². The summed E-state index contributed by atoms with van der Waals surface area (Å²) in [5.74, 6) is 0. The lowest BCUT2D eigenvalue weighted by Gasteiger charge is -2.36. The maximum atomic E-state index is 3.85. The summed E-state index contributed by atoms with van der Waals surface area (Å²) < 4.78 is 1.92. The van der Waals surface area contributed by atoms with Crippen LogP contribution >= 0.6 is 0 Å². The highest BCUT2D eigenvalue weighted by molar-refractivity contribution is 5.51. The SMILES string of the molecule is c1ccc(CN2CCN(c3ccc(-n4cnnc4)cc3)CC2)cc1. The summed E-state index contributed by atoms with van der Waals surface area (Å²) in [6.45, 7) is 5.38. The lowest BCUT2D eigenvalue weighted by molar-refractivity contribution is 0.250. The highest BCUT2D eigenvalue weighted by Crippen LogP contribution is 2.19. The van der Waals surface area contributed by atoms with Crippen molar-refractivity contribution in [3.05, 3.63) is 72.8 Å². The van der Waals surface area contributed by atoms with E-state index in [2.05, 4.69) is 74.6 Å². The highest BCUT2D eigenvalue weighted by Gasteiger charge is 2.17. The Morgan fingerprint density at radius 3 is 2.00 bits per heavy atom. The van der Waals surface area contributed by atoms with Crippen LogP contribution in [0.3, 0.4) is 0 Å². The van der Waals surface area contributed by atoms with E-state index < -0.39 is 0 Å². The number of hydrogen-bond donors (Lipinski definition) is 0. The van der Waals surface area contributed by atoms with Gasteiger partial charge in [-0.05, 0) is 29.8 Å². The van der Waals surface area contributed by atoms with Crippen molar-refractivity contribution in [1.82, 2.24) is 19.7 Å². The molecule has 5 nitrogen and oxygen atoms in total. The molecule has 1 saturated heterocycles. The van der Waals surface area contributed by atoms with E-state index in [0.29, 0.717) is 0 Å². The van der Waals surface area contributed by atoms with E-state index in [1.54, 1.807) is 12.7 Å². The zero-order valence-electron chi connectivity index (χ0n) is 13.6. The van der Waals surface area contributed by atoms with Crippen LogP contribution in [-0.4, -0.2) is 45.8 Å². The average Bonchev–Trinajstić information content (AvgIpc) is 3.18. The van der Waals surface area contributed by atoms with Crippen molar-refractivity contribution in [2.24, 2.45) is 0 Å². The zero-order chi connectivity index (χ0) is 16.2. The minimum absolute atomic E-state index is 1.04. The number of benzene rings is 2. The van der Waals surface area contributed by atoms with Crippen molar-refractivity contribution in [1.29, 1.82) is 0 Å². The van der Waals surface area contributed by atoms with E-state index in [0.717, 1.165) is 38.4 Å². The molecule has 0 N–H and O–H groups in total. The maximum Gasteiger partial charge on any atom is 0.123 e. The van der Waals surface area contributed by atoms with Crippen LogP contribution in [0.5, 0.6) is 0 Å². The second-order valence-electron chi connectivity index (χ2n) is 6.13. The molecule has 1 aromatic heterocycles. The van der Waals surface area contributed by atoms with Crippen LogP contribution in [-0.2, 0) is 6.54 Å². The summed E-state index contributed by atoms with van der Waals surface area (Å²) in [5, 5.41) is 7.70. The van der Waals surface area contributed by atoms with Crippen molar-refractivity contribution in [3.63, 3.8) is 0 Å². The quantitative estimate of drug-likeness (QED) is 0.741. The average molecular weight is 319 g/mol. The predicted octanol–water partition coefficient (Wildman–Crippen LogP) is 2.59. The summed E-state index contributed by atoms with van der Waals surface area (Å²) in [4.78, 5) is 4.98. The van der Waals surface area contributed by atoms with E-state index in [1.165, 1.54) is 11.3 Å². The van der Waals surface area contributed by atoms with Gasteiger partial charge in [-0.1, -0.05) is 30.3 Å². The molecule has 3 aromatic rings. The van der Waals surface area contributed by atoms with Gasteiger partial charge in [-0.3, -0.25) is 9.47 Å². The molecule has 0 spiro atoms. The van der Waals surface area contributed by atoms with Crippen LogP contribution in [0.4, 0.5) is 5.69 Å². The van der Waals surface area contributed by atoms with Crippen molar-refractivity contribution >= 4 is 5.69 Å². The van der Waals surface area contributed by atoms with Gasteiger partial charge in [0.05, 0.1) is 0 Å². The Morgan fingerprint density at radius 2 is 1.33 bits per heavy atom. The van der Waals surface area contributed by atoms with E-state index >= 15 is 0 Å². The molecular formula is C19H21N5. The first-order chi connectivity index (χ1) is 11.9. The monoisotopic (exact) mass is 319 g/mol. The number of anilines is 1. The fourth-order valence-electron chi connectivity index (χ4n) is 3.18. The Labute approximate surface area is 142 Å². The van der Waals surface area contributed by atoms with Crippen LogP contribution in [0, 0.1) is 0 Å². The topological polar surface area (TPSA) is 37.2 Å². The van der Waals surface area contributed by atoms with Crippen LogP contribution in [0.2, 0.25) is 0 Å². The lowest BCUT2D eigenvalue weighted by Crippen LogP contribution is -2.45. The van der Waals surface area contributed by atoms with Gasteiger partial charge >= 0.3 is 0 Å². The molecule has 4 rings (SSSR count). The van der Waals surface area contributed by atoms with Crippen molar-refractivity contribution < 1.29 is 0 Å². The van der Waals surface area contributed by atoms with Gasteiger partial charge in [0.1, 0.15) is 12.7 Å². The van der Waals surface area contributed by atoms with E-state index in [9.17, 15) is 0 Å². The van der Waals surface area contributed by atoms with Crippen LogP contribution in [0.25, 0.3) is 5.69 Å². The molecule has 0 aliphatic carbocycles. The molecule has 0 bridgehead atoms. The van der Waals surface area contributed by atoms with Crippen LogP contribution in [0.1, 0.15) is 5.56 Å². The predicted molar refractivity (Wildman–Crippen MR) is 95.3 cm³/mol. The lowest BCUT2D eigenvalue weighted by atomic mass is 10.2. The van der Waals surface area contributed by atoms with Gasteiger partial charge in [0.15, 0.2) is 0 Å². The van der Waals surface area contributed by atoms with E-state index in [1.807, 2.05) is 4.57 Å². The standard InChI is InChI=1S/C19H21N5/c1-2-4-17(5-3-1)14-22-10-12-23(13-11-22)18-6-8-19(9-7-18)24-15-20-21-16-24/h1-9,15-16H,10-14H2. The Bertz CT molecular complexity index is 744. The fourth-order valence-corrected chi connectivity index (χ4v) is 3.18. The fraction of sp³-hybridized carbons (Fsp3) is 0.263. The molecule has 1 fully saturated rings. The van der Waals surface area contributed by atoms with Gasteiger partial charge < -0.3 is 4.90 Å². The molecule has 122 valence electrons.